The van der Waals surface area contributed by atoms with E-state index in [1.165, 1.54) is 44.3 Å². The summed E-state index contributed by atoms with van der Waals surface area (Å²) in [5.41, 5.74) is 1.15. The van der Waals surface area contributed by atoms with Crippen molar-refractivity contribution < 1.29 is 35.8 Å². The maximum Gasteiger partial charge on any atom is 0.573 e. The monoisotopic (exact) mass is 633 g/mol. The van der Waals surface area contributed by atoms with Crippen molar-refractivity contribution >= 4 is 32.8 Å². The van der Waals surface area contributed by atoms with Crippen molar-refractivity contribution in [3.05, 3.63) is 83.9 Å². The van der Waals surface area contributed by atoms with E-state index in [0.717, 1.165) is 18.4 Å². The fourth-order valence-corrected chi connectivity index (χ4v) is 5.02. The average molecular weight is 634 g/mol. The number of hydrogen-bond donors (Lipinski definition) is 3. The molecule has 0 bridgehead atoms. The van der Waals surface area contributed by atoms with Crippen molar-refractivity contribution in [2.45, 2.75) is 37.6 Å². The molecule has 0 saturated carbocycles. The zero-order valence-electron chi connectivity index (χ0n) is 23.4. The third-order valence-electron chi connectivity index (χ3n) is 6.16. The van der Waals surface area contributed by atoms with Crippen LogP contribution in [0, 0.1) is 12.3 Å². The van der Waals surface area contributed by atoms with Crippen LogP contribution in [0.1, 0.15) is 19.7 Å². The second-order valence-corrected chi connectivity index (χ2v) is 12.5. The first-order valence-corrected chi connectivity index (χ1v) is 14.9. The van der Waals surface area contributed by atoms with Crippen molar-refractivity contribution in [1.82, 2.24) is 4.98 Å². The quantitative estimate of drug-likeness (QED) is 0.162. The molecule has 0 atom stereocenters. The van der Waals surface area contributed by atoms with Crippen molar-refractivity contribution in [1.29, 1.82) is 5.41 Å². The molecule has 43 heavy (non-hydrogen) atoms. The average Bonchev–Trinajstić information content (AvgIpc) is 3.31. The van der Waals surface area contributed by atoms with Gasteiger partial charge in [-0.15, -0.1) is 13.2 Å². The number of nitrogens with zero attached hydrogens (tertiary/aromatic N) is 1. The number of benzene rings is 3. The summed E-state index contributed by atoms with van der Waals surface area (Å²) in [6, 6.07) is 16.7. The van der Waals surface area contributed by atoms with Crippen LogP contribution in [0.3, 0.4) is 0 Å². The number of nitrogens with one attached hydrogen (secondary N) is 2. The number of aromatic nitrogens is 1. The fraction of sp³-hybridized carbons (Fsp3) is 0.200. The van der Waals surface area contributed by atoms with Gasteiger partial charge in [-0.25, -0.2) is 13.4 Å². The maximum atomic E-state index is 12.7. The predicted molar refractivity (Wildman–Crippen MR) is 159 cm³/mol. The van der Waals surface area contributed by atoms with Crippen LogP contribution >= 0.6 is 11.6 Å². The van der Waals surface area contributed by atoms with Gasteiger partial charge in [-0.1, -0.05) is 29.8 Å². The van der Waals surface area contributed by atoms with Gasteiger partial charge in [0.1, 0.15) is 17.0 Å². The highest BCUT2D eigenvalue weighted by molar-refractivity contribution is 7.90. The molecular formula is C30H27ClF3N3O5S. The molecule has 0 fully saturated rings. The van der Waals surface area contributed by atoms with Crippen LogP contribution in [0.5, 0.6) is 5.75 Å². The van der Waals surface area contributed by atoms with Crippen molar-refractivity contribution in [2.75, 3.05) is 11.6 Å². The van der Waals surface area contributed by atoms with Crippen molar-refractivity contribution in [3.8, 4) is 39.5 Å². The van der Waals surface area contributed by atoms with Crippen LogP contribution in [0.25, 0.3) is 33.7 Å². The Labute approximate surface area is 251 Å². The van der Waals surface area contributed by atoms with Gasteiger partial charge in [0.2, 0.25) is 0 Å². The van der Waals surface area contributed by atoms with Crippen molar-refractivity contribution in [3.63, 3.8) is 0 Å². The first-order valence-electron chi connectivity index (χ1n) is 12.6. The Balaban J connectivity index is 1.86. The van der Waals surface area contributed by atoms with E-state index in [0.29, 0.717) is 33.6 Å². The summed E-state index contributed by atoms with van der Waals surface area (Å²) in [5.74, 6) is 0.128. The SMILES string of the molecule is Cc1nc(-c2ccc(OC(F)(F)F)cc2)c(-c2cc(-c3cccc(S(C)(=O)=O)c3)ccc2N/C=C(/Cl)C(=N)C(C)(C)O)o1. The van der Waals surface area contributed by atoms with Crippen LogP contribution in [-0.2, 0) is 9.84 Å². The second-order valence-electron chi connectivity index (χ2n) is 10.1. The summed E-state index contributed by atoms with van der Waals surface area (Å²) >= 11 is 6.27. The largest absolute Gasteiger partial charge is 0.573 e. The molecule has 0 aliphatic rings. The van der Waals surface area contributed by atoms with Crippen molar-refractivity contribution in [2.24, 2.45) is 0 Å². The highest BCUT2D eigenvalue weighted by Crippen LogP contribution is 2.40. The molecule has 0 radical (unpaired) electrons. The molecule has 13 heteroatoms. The normalized spacial score (nSPS) is 12.7. The molecule has 0 saturated heterocycles. The van der Waals surface area contributed by atoms with Crippen LogP contribution in [0.4, 0.5) is 18.9 Å². The number of oxazole rings is 1. The van der Waals surface area contributed by atoms with Crippen LogP contribution in [0.15, 0.2) is 87.3 Å². The van der Waals surface area contributed by atoms with Gasteiger partial charge in [0, 0.05) is 36.2 Å². The van der Waals surface area contributed by atoms with E-state index in [1.807, 2.05) is 0 Å². The molecule has 4 aromatic rings. The molecule has 0 amide bonds. The highest BCUT2D eigenvalue weighted by Gasteiger charge is 2.31. The van der Waals surface area contributed by atoms with E-state index < -0.39 is 27.6 Å². The third-order valence-corrected chi connectivity index (χ3v) is 7.57. The summed E-state index contributed by atoms with van der Waals surface area (Å²) in [7, 11) is -3.48. The molecule has 3 aromatic carbocycles. The topological polar surface area (TPSA) is 126 Å². The zero-order chi connectivity index (χ0) is 31.7. The predicted octanol–water partition coefficient (Wildman–Crippen LogP) is 7.57. The maximum absolute atomic E-state index is 12.7. The molecule has 0 spiro atoms. The zero-order valence-corrected chi connectivity index (χ0v) is 24.9. The fourth-order valence-electron chi connectivity index (χ4n) is 4.07. The minimum Gasteiger partial charge on any atom is -0.440 e. The van der Waals surface area contributed by atoms with Gasteiger partial charge < -0.3 is 25.0 Å². The summed E-state index contributed by atoms with van der Waals surface area (Å²) in [4.78, 5) is 4.59. The van der Waals surface area contributed by atoms with Crippen LogP contribution in [-0.4, -0.2) is 42.4 Å². The smallest absolute Gasteiger partial charge is 0.440 e. The van der Waals surface area contributed by atoms with E-state index >= 15 is 0 Å². The number of alkyl halides is 3. The van der Waals surface area contributed by atoms with Gasteiger partial charge in [0.05, 0.1) is 15.6 Å². The lowest BCUT2D eigenvalue weighted by molar-refractivity contribution is -0.274. The van der Waals surface area contributed by atoms with Gasteiger partial charge in [-0.2, -0.15) is 0 Å². The number of aryl methyl sites for hydroxylation is 1. The molecule has 1 aromatic heterocycles. The number of rotatable bonds is 9. The Morgan fingerprint density at radius 3 is 2.28 bits per heavy atom. The first-order chi connectivity index (χ1) is 19.9. The van der Waals surface area contributed by atoms with Gasteiger partial charge in [0.25, 0.3) is 0 Å². The van der Waals surface area contributed by atoms with Gasteiger partial charge >= 0.3 is 6.36 Å². The summed E-state index contributed by atoms with van der Waals surface area (Å²) in [5, 5.41) is 21.2. The molecule has 3 N–H and O–H groups in total. The number of sulfone groups is 1. The van der Waals surface area contributed by atoms with E-state index in [9.17, 15) is 26.7 Å². The highest BCUT2D eigenvalue weighted by atomic mass is 35.5. The Hall–Kier alpha value is -4.13. The van der Waals surface area contributed by atoms with E-state index in [-0.39, 0.29) is 27.3 Å². The number of halogens is 4. The number of hydrogen-bond acceptors (Lipinski definition) is 8. The molecule has 8 nitrogen and oxygen atoms in total. The van der Waals surface area contributed by atoms with E-state index in [2.05, 4.69) is 15.0 Å². The van der Waals surface area contributed by atoms with Gasteiger partial charge in [-0.3, -0.25) is 0 Å². The summed E-state index contributed by atoms with van der Waals surface area (Å²) in [6.07, 6.45) is -2.40. The Morgan fingerprint density at radius 1 is 1.05 bits per heavy atom. The number of ether oxygens (including phenoxy) is 1. The molecule has 226 valence electrons. The van der Waals surface area contributed by atoms with Gasteiger partial charge in [-0.05, 0) is 73.5 Å². The lowest BCUT2D eigenvalue weighted by Gasteiger charge is -2.18. The molecule has 1 heterocycles. The molecule has 4 rings (SSSR count). The summed E-state index contributed by atoms with van der Waals surface area (Å²) < 4.78 is 72.4. The first kappa shape index (κ1) is 31.8. The molecule has 0 unspecified atom stereocenters. The van der Waals surface area contributed by atoms with E-state index in [1.54, 1.807) is 37.3 Å². The standard InChI is InChI=1S/C30H27ClF3N3O5S/c1-17-37-26(18-8-11-21(12-9-18)42-30(32,33)34)27(41-17)23-15-20(19-6-5-7-22(14-19)43(4,39)40)10-13-25(23)36-16-24(31)28(35)29(2,3)38/h5-16,35-36,38H,1-4H3/b24-16+,35-28?. The lowest BCUT2D eigenvalue weighted by atomic mass is 9.98. The van der Waals surface area contributed by atoms with E-state index in [4.69, 9.17) is 21.4 Å². The summed E-state index contributed by atoms with van der Waals surface area (Å²) in [6.45, 7) is 4.46. The van der Waals surface area contributed by atoms with Crippen LogP contribution in [0.2, 0.25) is 0 Å². The third kappa shape index (κ3) is 7.83. The number of aliphatic hydroxyl groups is 1. The Morgan fingerprint density at radius 2 is 1.67 bits per heavy atom. The minimum atomic E-state index is -4.84. The molecule has 0 aliphatic carbocycles. The minimum absolute atomic E-state index is 0.0578. The second kappa shape index (κ2) is 11.9. The molecular weight excluding hydrogens is 607 g/mol. The Kier molecular flexibility index (Phi) is 8.77. The lowest BCUT2D eigenvalue weighted by Crippen LogP contribution is -2.30. The van der Waals surface area contributed by atoms with Crippen LogP contribution < -0.4 is 10.1 Å². The molecule has 0 aliphatic heterocycles. The Bertz CT molecular complexity index is 1810. The number of anilines is 1. The van der Waals surface area contributed by atoms with Gasteiger partial charge in [0.15, 0.2) is 21.5 Å².